The van der Waals surface area contributed by atoms with Gasteiger partial charge >= 0.3 is 0 Å². The summed E-state index contributed by atoms with van der Waals surface area (Å²) < 4.78 is 21.7. The lowest BCUT2D eigenvalue weighted by molar-refractivity contribution is -0.122. The largest absolute Gasteiger partial charge is 0.386 e. The van der Waals surface area contributed by atoms with Crippen molar-refractivity contribution in [2.24, 2.45) is 21.7 Å². The molecule has 198 valence electrons. The van der Waals surface area contributed by atoms with E-state index in [0.29, 0.717) is 65.0 Å². The molecule has 11 nitrogen and oxygen atoms in total. The van der Waals surface area contributed by atoms with E-state index in [2.05, 4.69) is 27.8 Å². The summed E-state index contributed by atoms with van der Waals surface area (Å²) in [5, 5.41) is 13.7. The first-order valence-electron chi connectivity index (χ1n) is 12.0. The van der Waals surface area contributed by atoms with Gasteiger partial charge < -0.3 is 41.0 Å². The van der Waals surface area contributed by atoms with Crippen molar-refractivity contribution in [3.63, 3.8) is 0 Å². The van der Waals surface area contributed by atoms with Gasteiger partial charge in [-0.2, -0.15) is 0 Å². The summed E-state index contributed by atoms with van der Waals surface area (Å²) in [5.41, 5.74) is 13.0. The molecule has 0 saturated carbocycles. The van der Waals surface area contributed by atoms with E-state index < -0.39 is 0 Å². The molecule has 1 rings (SSSR count). The molecule has 0 unspecified atom stereocenters. The molecule has 35 heavy (non-hydrogen) atoms. The molecule has 0 radical (unpaired) electrons. The number of amides is 1. The van der Waals surface area contributed by atoms with Gasteiger partial charge in [-0.1, -0.05) is 31.2 Å². The molecule has 0 heterocycles. The van der Waals surface area contributed by atoms with Crippen molar-refractivity contribution in [3.05, 3.63) is 35.4 Å². The minimum atomic E-state index is -0.0767. The summed E-state index contributed by atoms with van der Waals surface area (Å²) in [6.07, 6.45) is 1.32. The van der Waals surface area contributed by atoms with Crippen molar-refractivity contribution >= 4 is 17.6 Å². The van der Waals surface area contributed by atoms with Crippen LogP contribution in [0.2, 0.25) is 0 Å². The number of nitrogens with one attached hydrogen (secondary N) is 2. The minimum Gasteiger partial charge on any atom is -0.386 e. The Bertz CT molecular complexity index is 738. The zero-order chi connectivity index (χ0) is 25.6. The van der Waals surface area contributed by atoms with Crippen molar-refractivity contribution < 1.29 is 23.7 Å². The van der Waals surface area contributed by atoms with E-state index in [1.807, 2.05) is 24.3 Å². The number of benzene rings is 1. The maximum absolute atomic E-state index is 12.0. The number of hydrogen-bond acceptors (Lipinski definition) is 8. The Morgan fingerprint density at radius 1 is 0.829 bits per heavy atom. The van der Waals surface area contributed by atoms with Crippen LogP contribution < -0.4 is 22.1 Å². The second-order valence-corrected chi connectivity index (χ2v) is 7.65. The highest BCUT2D eigenvalue weighted by Gasteiger charge is 2.03. The molecule has 0 aliphatic rings. The van der Waals surface area contributed by atoms with E-state index in [-0.39, 0.29) is 11.7 Å². The van der Waals surface area contributed by atoms with Crippen molar-refractivity contribution in [1.82, 2.24) is 10.6 Å². The van der Waals surface area contributed by atoms with Crippen LogP contribution in [0.25, 0.3) is 0 Å². The highest BCUT2D eigenvalue weighted by molar-refractivity contribution is 5.97. The van der Waals surface area contributed by atoms with Crippen LogP contribution in [0.15, 0.2) is 34.5 Å². The first kappa shape index (κ1) is 30.5. The number of hydrogen-bond donors (Lipinski definition) is 4. The lowest BCUT2D eigenvalue weighted by Gasteiger charge is -2.08. The number of amidine groups is 2. The Hall–Kier alpha value is -2.57. The van der Waals surface area contributed by atoms with E-state index in [4.69, 9.17) is 30.4 Å². The van der Waals surface area contributed by atoms with Gasteiger partial charge in [0.1, 0.15) is 5.84 Å². The number of carbonyl (C=O) groups excluding carboxylic acids is 1. The van der Waals surface area contributed by atoms with Crippen LogP contribution in [0.3, 0.4) is 0 Å². The smallest absolute Gasteiger partial charge is 0.222 e. The average Bonchev–Trinajstić information content (AvgIpc) is 2.86. The maximum atomic E-state index is 12.0. The van der Waals surface area contributed by atoms with Crippen LogP contribution in [-0.4, -0.2) is 83.5 Å². The van der Waals surface area contributed by atoms with Crippen molar-refractivity contribution in [1.29, 1.82) is 0 Å². The molecule has 0 aromatic heterocycles. The van der Waals surface area contributed by atoms with Crippen LogP contribution in [0.5, 0.6) is 0 Å². The summed E-state index contributed by atoms with van der Waals surface area (Å²) in [6.45, 7) is 10.2. The fourth-order valence-corrected chi connectivity index (χ4v) is 2.64. The second-order valence-electron chi connectivity index (χ2n) is 7.65. The first-order valence-corrected chi connectivity index (χ1v) is 12.0. The normalized spacial score (nSPS) is 12.2. The number of ether oxygens (including phenoxy) is 4. The number of nitrogens with zero attached hydrogens (tertiary/aromatic N) is 2. The Labute approximate surface area is 208 Å². The third kappa shape index (κ3) is 17.5. The van der Waals surface area contributed by atoms with Crippen LogP contribution >= 0.6 is 0 Å². The minimum absolute atomic E-state index is 0.0767. The maximum Gasteiger partial charge on any atom is 0.222 e. The van der Waals surface area contributed by atoms with E-state index in [1.165, 1.54) is 0 Å². The summed E-state index contributed by atoms with van der Waals surface area (Å²) in [7, 11) is 0. The quantitative estimate of drug-likeness (QED) is 0.0845. The summed E-state index contributed by atoms with van der Waals surface area (Å²) in [4.78, 5) is 12.0. The first-order chi connectivity index (χ1) is 17.0. The lowest BCUT2D eigenvalue weighted by Crippen LogP contribution is -2.25. The molecule has 11 heteroatoms. The van der Waals surface area contributed by atoms with Gasteiger partial charge in [-0.15, -0.1) is 10.2 Å². The molecular formula is C24H42N6O5. The van der Waals surface area contributed by atoms with Gasteiger partial charge in [0.05, 0.1) is 46.2 Å². The zero-order valence-electron chi connectivity index (χ0n) is 21.1. The standard InChI is InChI=1S/C24H42N6O5/c1-3-11-32-15-17-34-13-9-27-10-14-35-18-16-33-12-8-23(31)28-19-21-4-6-22(7-5-21)24(26)30-29-20(2)25/h4-7,27H,3,8-19H2,1-2H3,(H2,25,29)(H2,26,30)(H,28,31). The third-order valence-electron chi connectivity index (χ3n) is 4.47. The van der Waals surface area contributed by atoms with Crippen LogP contribution in [0.1, 0.15) is 37.8 Å². The predicted octanol–water partition coefficient (Wildman–Crippen LogP) is 0.756. The van der Waals surface area contributed by atoms with Crippen molar-refractivity contribution in [2.45, 2.75) is 33.2 Å². The summed E-state index contributed by atoms with van der Waals surface area (Å²) in [6, 6.07) is 7.38. The molecule has 1 amide bonds. The van der Waals surface area contributed by atoms with Gasteiger partial charge in [0.25, 0.3) is 0 Å². The Morgan fingerprint density at radius 3 is 1.97 bits per heavy atom. The van der Waals surface area contributed by atoms with Crippen molar-refractivity contribution in [3.8, 4) is 0 Å². The van der Waals surface area contributed by atoms with Gasteiger partial charge in [-0.3, -0.25) is 4.79 Å². The summed E-state index contributed by atoms with van der Waals surface area (Å²) >= 11 is 0. The molecule has 0 bridgehead atoms. The van der Waals surface area contributed by atoms with Crippen LogP contribution in [-0.2, 0) is 30.3 Å². The molecule has 0 saturated heterocycles. The Balaban J connectivity index is 1.96. The van der Waals surface area contributed by atoms with Crippen LogP contribution in [0.4, 0.5) is 0 Å². The second kappa shape index (κ2) is 20.8. The molecular weight excluding hydrogens is 452 g/mol. The van der Waals surface area contributed by atoms with Gasteiger partial charge in [0, 0.05) is 38.2 Å². The topological polar surface area (TPSA) is 155 Å². The molecule has 0 aliphatic carbocycles. The van der Waals surface area contributed by atoms with Gasteiger partial charge in [-0.25, -0.2) is 0 Å². The van der Waals surface area contributed by atoms with E-state index >= 15 is 0 Å². The average molecular weight is 495 g/mol. The van der Waals surface area contributed by atoms with Gasteiger partial charge in [0.2, 0.25) is 5.91 Å². The molecule has 0 fully saturated rings. The van der Waals surface area contributed by atoms with Crippen molar-refractivity contribution in [2.75, 3.05) is 65.9 Å². The zero-order valence-corrected chi connectivity index (χ0v) is 21.1. The predicted molar refractivity (Wildman–Crippen MR) is 137 cm³/mol. The summed E-state index contributed by atoms with van der Waals surface area (Å²) in [5.74, 6) is 0.530. The molecule has 6 N–H and O–H groups in total. The highest BCUT2D eigenvalue weighted by Crippen LogP contribution is 2.04. The number of carbonyl (C=O) groups is 1. The fraction of sp³-hybridized carbons (Fsp3) is 0.625. The SMILES string of the molecule is CCCOCCOCCNCCOCCOCCC(=O)NCc1ccc(/C(N)=N/N=C(/C)N)cc1. The Morgan fingerprint density at radius 2 is 1.40 bits per heavy atom. The van der Waals surface area contributed by atoms with E-state index in [1.54, 1.807) is 6.92 Å². The molecule has 1 aromatic carbocycles. The molecule has 0 spiro atoms. The molecule has 0 aliphatic heterocycles. The molecule has 1 aromatic rings. The number of rotatable bonds is 21. The van der Waals surface area contributed by atoms with Crippen LogP contribution in [0, 0.1) is 0 Å². The van der Waals surface area contributed by atoms with Gasteiger partial charge in [-0.05, 0) is 18.9 Å². The fourth-order valence-electron chi connectivity index (χ4n) is 2.64. The highest BCUT2D eigenvalue weighted by atomic mass is 16.5. The molecule has 0 atom stereocenters. The van der Waals surface area contributed by atoms with Gasteiger partial charge in [0.15, 0.2) is 5.84 Å². The van der Waals surface area contributed by atoms with E-state index in [9.17, 15) is 4.79 Å². The lowest BCUT2D eigenvalue weighted by atomic mass is 10.1. The third-order valence-corrected chi connectivity index (χ3v) is 4.47. The van der Waals surface area contributed by atoms with E-state index in [0.717, 1.165) is 37.2 Å². The number of nitrogens with two attached hydrogens (primary N) is 2. The Kier molecular flexibility index (Phi) is 18.1. The monoisotopic (exact) mass is 494 g/mol.